The molecule has 4 amide bonds. The monoisotopic (exact) mass is 1500 g/mol. The maximum absolute atomic E-state index is 13.1. The van der Waals surface area contributed by atoms with E-state index in [4.69, 9.17) is 19.9 Å². The zero-order chi connectivity index (χ0) is 57.1. The van der Waals surface area contributed by atoms with Crippen LogP contribution in [-0.4, -0.2) is 230 Å². The third-order valence-corrected chi connectivity index (χ3v) is 12.6. The van der Waals surface area contributed by atoms with E-state index in [2.05, 4.69) is 91.4 Å². The van der Waals surface area contributed by atoms with Crippen LogP contribution in [0.1, 0.15) is 327 Å². The Morgan fingerprint density at radius 1 is 0.333 bits per heavy atom. The summed E-state index contributed by atoms with van der Waals surface area (Å²) in [6.45, 7) is 33.9. The second-order valence-corrected chi connectivity index (χ2v) is 21.9. The largest absolute Gasteiger partial charge is 0.463 e. The van der Waals surface area contributed by atoms with Crippen molar-refractivity contribution in [1.29, 1.82) is 0 Å². The first-order valence-corrected chi connectivity index (χ1v) is 28.8. The van der Waals surface area contributed by atoms with Crippen LogP contribution >= 0.6 is 0 Å². The number of carbonyl (C=O) groups excluding carboxylic acids is 7. The first-order chi connectivity index (χ1) is 36.1. The van der Waals surface area contributed by atoms with Gasteiger partial charge in [-0.2, -0.15) is 0 Å². The van der Waals surface area contributed by atoms with Crippen molar-refractivity contribution in [1.82, 2.24) is 45.8 Å². The van der Waals surface area contributed by atoms with E-state index in [9.17, 15) is 33.6 Å². The highest BCUT2D eigenvalue weighted by Crippen LogP contribution is 2.08. The van der Waals surface area contributed by atoms with E-state index in [1.54, 1.807) is 7.11 Å². The van der Waals surface area contributed by atoms with Gasteiger partial charge in [-0.3, -0.25) is 38.5 Å². The van der Waals surface area contributed by atoms with Crippen molar-refractivity contribution in [3.63, 3.8) is 0 Å². The molecule has 102 heavy (non-hydrogen) atoms. The Labute approximate surface area is 651 Å². The minimum Gasteiger partial charge on any atom is -0.463 e. The molecule has 0 saturated heterocycles. The van der Waals surface area contributed by atoms with E-state index in [0.717, 1.165) is 39.3 Å². The van der Waals surface area contributed by atoms with E-state index in [1.165, 1.54) is 0 Å². The van der Waals surface area contributed by atoms with Crippen LogP contribution in [0.4, 0.5) is 0 Å². The minimum absolute atomic E-state index is 0. The Balaban J connectivity index is -0.0000000865. The summed E-state index contributed by atoms with van der Waals surface area (Å²) in [7, 11) is 1.58. The molecule has 0 rings (SSSR count). The van der Waals surface area contributed by atoms with E-state index in [0.29, 0.717) is 167 Å². The zero-order valence-electron chi connectivity index (χ0n) is 49.6. The maximum atomic E-state index is 13.1. The minimum atomic E-state index is -0.363. The molecule has 0 aromatic heterocycles. The lowest BCUT2D eigenvalue weighted by Gasteiger charge is -2.32. The number of methoxy groups -OCH3 is 1. The van der Waals surface area contributed by atoms with Gasteiger partial charge >= 0.3 is 5.97 Å². The highest BCUT2D eigenvalue weighted by atomic mass is 16.6. The Hall–Kier alpha value is -3.63. The summed E-state index contributed by atoms with van der Waals surface area (Å²) in [5.41, 5.74) is 5.60. The van der Waals surface area contributed by atoms with Crippen LogP contribution in [0, 0.1) is 23.7 Å². The van der Waals surface area contributed by atoms with Crippen LogP contribution < -0.4 is 27.0 Å². The molecule has 20 heteroatoms. The molecule has 0 aliphatic rings. The average molecular weight is 1500 g/mol. The lowest BCUT2D eigenvalue weighted by Crippen LogP contribution is -2.43. The Morgan fingerprint density at radius 3 is 1.00 bits per heavy atom. The number of carbonyl (C=O) groups is 7. The number of amides is 4. The summed E-state index contributed by atoms with van der Waals surface area (Å²) in [6.07, 6.45) is 3.36. The molecule has 0 fully saturated rings. The van der Waals surface area contributed by atoms with Crippen LogP contribution in [0.2, 0.25) is 0 Å². The van der Waals surface area contributed by atoms with Gasteiger partial charge in [0, 0.05) is 188 Å². The molecule has 0 aromatic rings. The van der Waals surface area contributed by atoms with E-state index in [-0.39, 0.29) is 273 Å². The first-order valence-electron chi connectivity index (χ1n) is 28.8. The summed E-state index contributed by atoms with van der Waals surface area (Å²) < 4.78 is 15.3. The summed E-state index contributed by atoms with van der Waals surface area (Å²) in [5.74, 6) is 0.846. The van der Waals surface area contributed by atoms with Gasteiger partial charge in [-0.1, -0.05) is 248 Å². The van der Waals surface area contributed by atoms with Gasteiger partial charge in [0.15, 0.2) is 0 Å². The number of nitrogens with two attached hydrogens (primary N) is 1. The summed E-state index contributed by atoms with van der Waals surface area (Å²) >= 11 is 0. The molecule has 0 spiro atoms. The van der Waals surface area contributed by atoms with Gasteiger partial charge < -0.3 is 60.8 Å². The molecule has 0 aliphatic carbocycles. The number of esters is 1. The standard InChI is InChI=1S/C56H110N10O10.26CH4/c1-45(2)42-64(35-26-61-55(72)21-32-65(43-46(3)4)36-37-66(49(9)10)44-47(5)6)31-20-54(71)60-25-34-63(28-17-51(68)48(7)8)30-19-53(70)59-24-33-62(27-16-50(67)14-12-22-57)29-18-52(69)58-23-13-15-56(73)76-41-40-75-39-38-74-11;;;;;;;;;;;;;;;;;;;;;;;;;;/h45-49H,12-44,57H2,1-11H3,(H,58,69)(H,59,70)(H,60,71)(H,61,72);26*1H4. The molecule has 0 unspecified atom stereocenters. The van der Waals surface area contributed by atoms with Gasteiger partial charge in [0.1, 0.15) is 18.2 Å². The summed E-state index contributed by atoms with van der Waals surface area (Å²) in [6, 6.07) is 0.475. The lowest BCUT2D eigenvalue weighted by molar-refractivity contribution is -0.145. The van der Waals surface area contributed by atoms with Crippen LogP contribution in [0.3, 0.4) is 0 Å². The third kappa shape index (κ3) is 112. The third-order valence-electron chi connectivity index (χ3n) is 12.6. The van der Waals surface area contributed by atoms with Crippen molar-refractivity contribution < 1.29 is 47.8 Å². The molecule has 0 bridgehead atoms. The predicted octanol–water partition coefficient (Wildman–Crippen LogP) is 19.7. The molecule has 0 aliphatic heterocycles. The van der Waals surface area contributed by atoms with Crippen LogP contribution in [0.25, 0.3) is 0 Å². The number of nitrogens with one attached hydrogen (secondary N) is 4. The topological polar surface area (TPSA) is 238 Å². The highest BCUT2D eigenvalue weighted by molar-refractivity contribution is 5.80. The van der Waals surface area contributed by atoms with Gasteiger partial charge in [-0.25, -0.2) is 0 Å². The molecule has 0 heterocycles. The number of ketones is 2. The summed E-state index contributed by atoms with van der Waals surface area (Å²) in [4.78, 5) is 100. The fraction of sp³-hybridized carbons (Fsp3) is 0.915. The molecule has 652 valence electrons. The van der Waals surface area contributed by atoms with Gasteiger partial charge in [0.05, 0.1) is 19.8 Å². The molecule has 0 aromatic carbocycles. The maximum Gasteiger partial charge on any atom is 0.305 e. The predicted molar refractivity (Wildman–Crippen MR) is 478 cm³/mol. The number of hydrogen-bond donors (Lipinski definition) is 5. The number of nitrogens with zero attached hydrogens (tertiary/aromatic N) is 5. The molecule has 0 saturated carbocycles. The van der Waals surface area contributed by atoms with Crippen molar-refractivity contribution in [2.45, 2.75) is 333 Å². The van der Waals surface area contributed by atoms with Crippen molar-refractivity contribution in [2.24, 2.45) is 29.4 Å². The summed E-state index contributed by atoms with van der Waals surface area (Å²) in [5, 5.41) is 12.0. The van der Waals surface area contributed by atoms with E-state index < -0.39 is 0 Å². The zero-order valence-corrected chi connectivity index (χ0v) is 49.6. The quantitative estimate of drug-likeness (QED) is 0.0281. The molecule has 0 atom stereocenters. The Morgan fingerprint density at radius 2 is 0.657 bits per heavy atom. The van der Waals surface area contributed by atoms with Crippen molar-refractivity contribution in [2.75, 3.05) is 158 Å². The highest BCUT2D eigenvalue weighted by Gasteiger charge is 2.19. The number of Topliss-reactive ketones (excluding diaryl/α,β-unsaturated/α-hetero) is 2. The molecule has 6 N–H and O–H groups in total. The van der Waals surface area contributed by atoms with Gasteiger partial charge in [0.25, 0.3) is 0 Å². The Bertz CT molecular complexity index is 1580. The van der Waals surface area contributed by atoms with E-state index >= 15 is 0 Å². The second-order valence-electron chi connectivity index (χ2n) is 21.9. The number of hydrogen-bond acceptors (Lipinski definition) is 16. The number of rotatable bonds is 51. The van der Waals surface area contributed by atoms with Crippen molar-refractivity contribution >= 4 is 41.2 Å². The molecular formula is C82H214N10O10. The van der Waals surface area contributed by atoms with Crippen LogP contribution in [0.5, 0.6) is 0 Å². The number of ether oxygens (including phenoxy) is 3. The fourth-order valence-electron chi connectivity index (χ4n) is 8.30. The van der Waals surface area contributed by atoms with Crippen molar-refractivity contribution in [3.05, 3.63) is 0 Å². The van der Waals surface area contributed by atoms with Gasteiger partial charge in [0.2, 0.25) is 23.6 Å². The fourth-order valence-corrected chi connectivity index (χ4v) is 8.30. The molecule has 20 nitrogen and oxygen atoms in total. The SMILES string of the molecule is C.C.C.C.C.C.C.C.C.C.C.C.C.C.C.C.C.C.C.C.C.C.C.C.C.C.COCCOCCOC(=O)CCCNC(=O)CCN(CCNC(=O)CCN(CCNC(=O)CCN(CCNC(=O)CCN(CCN(CC(C)C)C(C)C)CC(C)C)CC(C)C)CCC(=O)C(C)C)CCC(=O)CCCN. The van der Waals surface area contributed by atoms with Gasteiger partial charge in [-0.05, 0) is 51.0 Å². The van der Waals surface area contributed by atoms with Crippen LogP contribution in [0.15, 0.2) is 0 Å². The molecule has 0 radical (unpaired) electrons. The molecular weight excluding hydrogens is 1280 g/mol. The van der Waals surface area contributed by atoms with Gasteiger partial charge in [-0.15, -0.1) is 0 Å². The van der Waals surface area contributed by atoms with Crippen molar-refractivity contribution in [3.8, 4) is 0 Å². The normalized spacial score (nSPS) is 8.88. The van der Waals surface area contributed by atoms with Crippen LogP contribution in [-0.2, 0) is 47.8 Å². The first kappa shape index (κ1) is 183. The average Bonchev–Trinajstić information content (AvgIpc) is 3.35. The second kappa shape index (κ2) is 118. The smallest absolute Gasteiger partial charge is 0.305 e. The lowest BCUT2D eigenvalue weighted by atomic mass is 10.1. The van der Waals surface area contributed by atoms with E-state index in [1.807, 2.05) is 23.6 Å². The Kier molecular flexibility index (Phi) is 213.